The lowest BCUT2D eigenvalue weighted by molar-refractivity contribution is 0.135. The van der Waals surface area contributed by atoms with Crippen molar-refractivity contribution in [1.82, 2.24) is 5.32 Å². The van der Waals surface area contributed by atoms with Crippen LogP contribution in [0.2, 0.25) is 0 Å². The van der Waals surface area contributed by atoms with Gasteiger partial charge in [0.2, 0.25) is 0 Å². The first-order valence-corrected chi connectivity index (χ1v) is 3.08. The molecule has 47 valence electrons. The lowest BCUT2D eigenvalue weighted by Crippen LogP contribution is -2.28. The molecule has 2 aliphatic rings. The minimum atomic E-state index is 0.162. The summed E-state index contributed by atoms with van der Waals surface area (Å²) in [6.45, 7) is 0.653. The van der Waals surface area contributed by atoms with Gasteiger partial charge in [-0.25, -0.2) is 0 Å². The van der Waals surface area contributed by atoms with E-state index < -0.39 is 0 Å². The summed E-state index contributed by atoms with van der Waals surface area (Å²) in [5.41, 5.74) is 0. The van der Waals surface area contributed by atoms with Gasteiger partial charge in [-0.15, -0.1) is 0 Å². The molecule has 1 aliphatic carbocycles. The van der Waals surface area contributed by atoms with Crippen molar-refractivity contribution in [1.29, 1.82) is 0 Å². The molecule has 0 amide bonds. The monoisotopic (exact) mass is 122 g/mol. The van der Waals surface area contributed by atoms with E-state index in [4.69, 9.17) is 4.74 Å². The molecule has 2 nitrogen and oxygen atoms in total. The molecule has 1 N–H and O–H groups in total. The number of nitrogens with one attached hydrogen (secondary N) is 1. The van der Waals surface area contributed by atoms with Crippen molar-refractivity contribution in [2.75, 3.05) is 6.73 Å². The van der Waals surface area contributed by atoms with Crippen molar-refractivity contribution in [2.45, 2.75) is 12.1 Å². The predicted molar refractivity (Wildman–Crippen MR) is 33.6 cm³/mol. The molecule has 1 saturated heterocycles. The number of fused-ring (bicyclic) bond motifs is 1. The van der Waals surface area contributed by atoms with Crippen LogP contribution in [0.4, 0.5) is 0 Å². The Bertz CT molecular complexity index is 144. The Morgan fingerprint density at radius 3 is 3.56 bits per heavy atom. The van der Waals surface area contributed by atoms with Crippen LogP contribution in [0.1, 0.15) is 0 Å². The number of hydrogen-bond acceptors (Lipinski definition) is 2. The van der Waals surface area contributed by atoms with Crippen LogP contribution in [0.3, 0.4) is 0 Å². The second-order valence-corrected chi connectivity index (χ2v) is 2.18. The maximum atomic E-state index is 5.25. The summed E-state index contributed by atoms with van der Waals surface area (Å²) < 4.78 is 5.25. The third-order valence-corrected chi connectivity index (χ3v) is 1.58. The van der Waals surface area contributed by atoms with Gasteiger partial charge in [0, 0.05) is 0 Å². The summed E-state index contributed by atoms with van der Waals surface area (Å²) in [7, 11) is 0. The van der Waals surface area contributed by atoms with Crippen molar-refractivity contribution >= 4 is 0 Å². The summed E-state index contributed by atoms with van der Waals surface area (Å²) in [4.78, 5) is 0. The van der Waals surface area contributed by atoms with Gasteiger partial charge in [-0.1, -0.05) is 18.2 Å². The van der Waals surface area contributed by atoms with Crippen molar-refractivity contribution in [3.05, 3.63) is 24.3 Å². The quantitative estimate of drug-likeness (QED) is 0.496. The zero-order valence-corrected chi connectivity index (χ0v) is 5.00. The average Bonchev–Trinajstić information content (AvgIpc) is 2.33. The molecule has 1 heterocycles. The highest BCUT2D eigenvalue weighted by atomic mass is 16.5. The van der Waals surface area contributed by atoms with Crippen molar-refractivity contribution < 1.29 is 4.74 Å². The SMILES string of the molecule is [C]1=CC=CC2NCOC12. The van der Waals surface area contributed by atoms with Crippen LogP contribution >= 0.6 is 0 Å². The van der Waals surface area contributed by atoms with E-state index in [1.54, 1.807) is 0 Å². The molecule has 0 aromatic rings. The van der Waals surface area contributed by atoms with Crippen molar-refractivity contribution in [2.24, 2.45) is 0 Å². The summed E-state index contributed by atoms with van der Waals surface area (Å²) in [6.07, 6.45) is 9.22. The molecule has 1 fully saturated rings. The van der Waals surface area contributed by atoms with Crippen LogP contribution in [0, 0.1) is 6.08 Å². The summed E-state index contributed by atoms with van der Waals surface area (Å²) >= 11 is 0. The van der Waals surface area contributed by atoms with Crippen molar-refractivity contribution in [3.63, 3.8) is 0 Å². The molecule has 0 aromatic carbocycles. The lowest BCUT2D eigenvalue weighted by Gasteiger charge is -2.11. The van der Waals surface area contributed by atoms with E-state index in [0.717, 1.165) is 0 Å². The fourth-order valence-corrected chi connectivity index (χ4v) is 1.09. The van der Waals surface area contributed by atoms with Gasteiger partial charge in [0.25, 0.3) is 0 Å². The number of allylic oxidation sites excluding steroid dienone is 2. The Morgan fingerprint density at radius 2 is 2.67 bits per heavy atom. The van der Waals surface area contributed by atoms with Gasteiger partial charge < -0.3 is 4.74 Å². The van der Waals surface area contributed by atoms with Gasteiger partial charge in [0.05, 0.1) is 12.8 Å². The van der Waals surface area contributed by atoms with E-state index in [-0.39, 0.29) is 6.10 Å². The maximum absolute atomic E-state index is 5.25. The van der Waals surface area contributed by atoms with Gasteiger partial charge in [-0.2, -0.15) is 0 Å². The number of hydrogen-bond donors (Lipinski definition) is 1. The average molecular weight is 122 g/mol. The van der Waals surface area contributed by atoms with Gasteiger partial charge >= 0.3 is 0 Å². The van der Waals surface area contributed by atoms with Crippen LogP contribution < -0.4 is 5.32 Å². The zero-order chi connectivity index (χ0) is 6.10. The Hall–Kier alpha value is -0.600. The fraction of sp³-hybridized carbons (Fsp3) is 0.429. The second kappa shape index (κ2) is 1.97. The van der Waals surface area contributed by atoms with E-state index in [1.807, 2.05) is 12.2 Å². The molecule has 0 saturated carbocycles. The van der Waals surface area contributed by atoms with Gasteiger partial charge in [0.1, 0.15) is 6.10 Å². The normalized spacial score (nSPS) is 39.1. The first-order chi connectivity index (χ1) is 4.47. The second-order valence-electron chi connectivity index (χ2n) is 2.18. The molecule has 1 aliphatic heterocycles. The zero-order valence-electron chi connectivity index (χ0n) is 5.00. The highest BCUT2D eigenvalue weighted by Crippen LogP contribution is 2.11. The van der Waals surface area contributed by atoms with E-state index in [1.165, 1.54) is 0 Å². The molecular weight excluding hydrogens is 114 g/mol. The third kappa shape index (κ3) is 0.802. The van der Waals surface area contributed by atoms with Crippen LogP contribution in [0.25, 0.3) is 0 Å². The number of ether oxygens (including phenoxy) is 1. The third-order valence-electron chi connectivity index (χ3n) is 1.58. The highest BCUT2D eigenvalue weighted by Gasteiger charge is 2.24. The molecule has 1 radical (unpaired) electrons. The van der Waals surface area contributed by atoms with E-state index in [0.29, 0.717) is 12.8 Å². The van der Waals surface area contributed by atoms with E-state index in [2.05, 4.69) is 17.5 Å². The summed E-state index contributed by atoms with van der Waals surface area (Å²) in [5, 5.41) is 3.17. The Morgan fingerprint density at radius 1 is 1.67 bits per heavy atom. The lowest BCUT2D eigenvalue weighted by atomic mass is 10.1. The topological polar surface area (TPSA) is 21.3 Å². The Labute approximate surface area is 54.2 Å². The summed E-state index contributed by atoms with van der Waals surface area (Å²) in [6, 6.07) is 0.370. The first kappa shape index (κ1) is 5.21. The minimum Gasteiger partial charge on any atom is -0.356 e. The van der Waals surface area contributed by atoms with E-state index >= 15 is 0 Å². The molecule has 2 heteroatoms. The Balaban J connectivity index is 2.18. The van der Waals surface area contributed by atoms with Gasteiger partial charge in [0.15, 0.2) is 0 Å². The predicted octanol–water partition coefficient (Wildman–Crippen LogP) is 0.230. The minimum absolute atomic E-state index is 0.162. The van der Waals surface area contributed by atoms with Crippen LogP contribution in [-0.4, -0.2) is 18.9 Å². The molecule has 0 bridgehead atoms. The van der Waals surface area contributed by atoms with Crippen LogP contribution in [0.5, 0.6) is 0 Å². The molecule has 0 aromatic heterocycles. The van der Waals surface area contributed by atoms with Gasteiger partial charge in [-0.3, -0.25) is 5.32 Å². The molecule has 0 spiro atoms. The largest absolute Gasteiger partial charge is 0.356 e. The number of rotatable bonds is 0. The molecular formula is C7H8NO. The smallest absolute Gasteiger partial charge is 0.104 e. The maximum Gasteiger partial charge on any atom is 0.104 e. The van der Waals surface area contributed by atoms with Crippen LogP contribution in [-0.2, 0) is 4.74 Å². The van der Waals surface area contributed by atoms with E-state index in [9.17, 15) is 0 Å². The molecule has 2 rings (SSSR count). The summed E-state index contributed by atoms with van der Waals surface area (Å²) in [5.74, 6) is 0. The fourth-order valence-electron chi connectivity index (χ4n) is 1.09. The van der Waals surface area contributed by atoms with Gasteiger partial charge in [-0.05, 0) is 6.08 Å². The molecule has 2 unspecified atom stereocenters. The standard InChI is InChI=1S/C7H8NO/c1-2-4-7-6(3-1)8-5-9-7/h1-3,6-8H,5H2. The first-order valence-electron chi connectivity index (χ1n) is 3.08. The highest BCUT2D eigenvalue weighted by molar-refractivity contribution is 5.15. The Kier molecular flexibility index (Phi) is 1.14. The molecule has 2 atom stereocenters. The van der Waals surface area contributed by atoms with Crippen LogP contribution in [0.15, 0.2) is 18.2 Å². The van der Waals surface area contributed by atoms with Crippen molar-refractivity contribution in [3.8, 4) is 0 Å². The molecule has 9 heavy (non-hydrogen) atoms.